The maximum Gasteiger partial charge on any atom is 0.0745 e. The SMILES string of the molecule is Clc1ccc(C2CC(c3ccc(Br)cc3)=NN2)cc1. The molecule has 0 spiro atoms. The molecule has 3 rings (SSSR count). The lowest BCUT2D eigenvalue weighted by atomic mass is 9.99. The Morgan fingerprint density at radius 1 is 1.05 bits per heavy atom. The molecule has 2 aromatic rings. The lowest BCUT2D eigenvalue weighted by Gasteiger charge is -2.09. The van der Waals surface area contributed by atoms with Crippen LogP contribution in [0.25, 0.3) is 0 Å². The van der Waals surface area contributed by atoms with E-state index >= 15 is 0 Å². The van der Waals surface area contributed by atoms with E-state index in [1.54, 1.807) is 0 Å². The van der Waals surface area contributed by atoms with E-state index in [1.807, 2.05) is 36.4 Å². The standard InChI is InChI=1S/C15H12BrClN2/c16-12-5-1-10(2-6-12)14-9-15(19-18-14)11-3-7-13(17)8-4-11/h1-8,15,19H,9H2. The van der Waals surface area contributed by atoms with Gasteiger partial charge in [-0.05, 0) is 35.4 Å². The molecule has 1 unspecified atom stereocenters. The van der Waals surface area contributed by atoms with Crippen LogP contribution in [0, 0.1) is 0 Å². The van der Waals surface area contributed by atoms with Crippen molar-refractivity contribution in [3.8, 4) is 0 Å². The number of hydrogen-bond donors (Lipinski definition) is 1. The summed E-state index contributed by atoms with van der Waals surface area (Å²) in [6.07, 6.45) is 0.892. The second kappa shape index (κ2) is 5.35. The van der Waals surface area contributed by atoms with Crippen molar-refractivity contribution in [2.24, 2.45) is 5.10 Å². The van der Waals surface area contributed by atoms with Gasteiger partial charge in [0.05, 0.1) is 11.8 Å². The molecule has 19 heavy (non-hydrogen) atoms. The molecule has 96 valence electrons. The highest BCUT2D eigenvalue weighted by Crippen LogP contribution is 2.26. The normalized spacial score (nSPS) is 18.0. The highest BCUT2D eigenvalue weighted by atomic mass is 79.9. The number of nitrogens with zero attached hydrogens (tertiary/aromatic N) is 1. The average molecular weight is 336 g/mol. The first-order valence-corrected chi connectivity index (χ1v) is 7.23. The van der Waals surface area contributed by atoms with Crippen LogP contribution >= 0.6 is 27.5 Å². The van der Waals surface area contributed by atoms with Crippen LogP contribution in [-0.4, -0.2) is 5.71 Å². The quantitative estimate of drug-likeness (QED) is 0.856. The third-order valence-electron chi connectivity index (χ3n) is 3.20. The highest BCUT2D eigenvalue weighted by molar-refractivity contribution is 9.10. The fraction of sp³-hybridized carbons (Fsp3) is 0.133. The minimum absolute atomic E-state index is 0.232. The topological polar surface area (TPSA) is 24.4 Å². The van der Waals surface area contributed by atoms with Crippen molar-refractivity contribution in [3.05, 3.63) is 69.2 Å². The number of hydrogen-bond acceptors (Lipinski definition) is 2. The van der Waals surface area contributed by atoms with Gasteiger partial charge in [0.15, 0.2) is 0 Å². The molecular weight excluding hydrogens is 324 g/mol. The molecule has 1 heterocycles. The summed E-state index contributed by atoms with van der Waals surface area (Å²) in [5.74, 6) is 0. The first-order chi connectivity index (χ1) is 9.22. The Balaban J connectivity index is 1.76. The van der Waals surface area contributed by atoms with Gasteiger partial charge in [-0.1, -0.05) is 51.8 Å². The second-order valence-electron chi connectivity index (χ2n) is 4.50. The fourth-order valence-corrected chi connectivity index (χ4v) is 2.54. The summed E-state index contributed by atoms with van der Waals surface area (Å²) in [4.78, 5) is 0. The average Bonchev–Trinajstić information content (AvgIpc) is 2.90. The van der Waals surface area contributed by atoms with E-state index < -0.39 is 0 Å². The van der Waals surface area contributed by atoms with Crippen LogP contribution in [0.1, 0.15) is 23.6 Å². The summed E-state index contributed by atoms with van der Waals surface area (Å²) < 4.78 is 1.08. The van der Waals surface area contributed by atoms with Crippen molar-refractivity contribution in [1.29, 1.82) is 0 Å². The van der Waals surface area contributed by atoms with Gasteiger partial charge in [-0.2, -0.15) is 5.10 Å². The van der Waals surface area contributed by atoms with Gasteiger partial charge in [0.1, 0.15) is 0 Å². The summed E-state index contributed by atoms with van der Waals surface area (Å²) in [7, 11) is 0. The molecule has 0 aliphatic carbocycles. The molecule has 0 saturated heterocycles. The Kier molecular flexibility index (Phi) is 3.58. The van der Waals surface area contributed by atoms with Crippen LogP contribution in [0.2, 0.25) is 5.02 Å². The summed E-state index contributed by atoms with van der Waals surface area (Å²) in [5.41, 5.74) is 6.65. The van der Waals surface area contributed by atoms with Gasteiger partial charge in [-0.25, -0.2) is 0 Å². The van der Waals surface area contributed by atoms with Crippen LogP contribution in [0.5, 0.6) is 0 Å². The predicted molar refractivity (Wildman–Crippen MR) is 82.6 cm³/mol. The summed E-state index contributed by atoms with van der Waals surface area (Å²) >= 11 is 9.35. The largest absolute Gasteiger partial charge is 0.302 e. The van der Waals surface area contributed by atoms with Gasteiger partial charge in [-0.15, -0.1) is 0 Å². The molecular formula is C15H12BrClN2. The number of hydrazone groups is 1. The third kappa shape index (κ3) is 2.82. The minimum atomic E-state index is 0.232. The Hall–Kier alpha value is -1.32. The van der Waals surface area contributed by atoms with Crippen molar-refractivity contribution in [1.82, 2.24) is 5.43 Å². The molecule has 2 aromatic carbocycles. The molecule has 0 bridgehead atoms. The smallest absolute Gasteiger partial charge is 0.0745 e. The van der Waals surface area contributed by atoms with Crippen molar-refractivity contribution >= 4 is 33.2 Å². The van der Waals surface area contributed by atoms with Crippen molar-refractivity contribution in [2.75, 3.05) is 0 Å². The second-order valence-corrected chi connectivity index (χ2v) is 5.85. The van der Waals surface area contributed by atoms with Gasteiger partial charge in [-0.3, -0.25) is 0 Å². The molecule has 1 aliphatic rings. The highest BCUT2D eigenvalue weighted by Gasteiger charge is 2.20. The molecule has 0 fully saturated rings. The van der Waals surface area contributed by atoms with E-state index in [-0.39, 0.29) is 6.04 Å². The van der Waals surface area contributed by atoms with Gasteiger partial charge >= 0.3 is 0 Å². The fourth-order valence-electron chi connectivity index (χ4n) is 2.15. The zero-order chi connectivity index (χ0) is 13.2. The number of benzene rings is 2. The Morgan fingerprint density at radius 3 is 2.42 bits per heavy atom. The molecule has 0 aromatic heterocycles. The molecule has 1 aliphatic heterocycles. The zero-order valence-electron chi connectivity index (χ0n) is 10.1. The van der Waals surface area contributed by atoms with Crippen LogP contribution in [0.3, 0.4) is 0 Å². The molecule has 0 radical (unpaired) electrons. The zero-order valence-corrected chi connectivity index (χ0v) is 12.4. The Bertz CT molecular complexity index is 605. The monoisotopic (exact) mass is 334 g/mol. The lowest BCUT2D eigenvalue weighted by molar-refractivity contribution is 0.620. The first-order valence-electron chi connectivity index (χ1n) is 6.06. The van der Waals surface area contributed by atoms with Gasteiger partial charge in [0.25, 0.3) is 0 Å². The molecule has 1 atom stereocenters. The van der Waals surface area contributed by atoms with E-state index in [2.05, 4.69) is 38.6 Å². The van der Waals surface area contributed by atoms with E-state index in [1.165, 1.54) is 5.56 Å². The van der Waals surface area contributed by atoms with Gasteiger partial charge in [0.2, 0.25) is 0 Å². The van der Waals surface area contributed by atoms with Crippen LogP contribution in [0.4, 0.5) is 0 Å². The molecule has 4 heteroatoms. The van der Waals surface area contributed by atoms with Crippen molar-refractivity contribution in [2.45, 2.75) is 12.5 Å². The number of rotatable bonds is 2. The Morgan fingerprint density at radius 2 is 1.74 bits per heavy atom. The van der Waals surface area contributed by atoms with Crippen LogP contribution < -0.4 is 5.43 Å². The maximum atomic E-state index is 5.90. The van der Waals surface area contributed by atoms with Gasteiger partial charge in [0, 0.05) is 15.9 Å². The van der Waals surface area contributed by atoms with Gasteiger partial charge < -0.3 is 5.43 Å². The maximum absolute atomic E-state index is 5.90. The summed E-state index contributed by atoms with van der Waals surface area (Å²) in [5, 5.41) is 5.19. The molecule has 2 nitrogen and oxygen atoms in total. The predicted octanol–water partition coefficient (Wildman–Crippen LogP) is 4.54. The molecule has 0 amide bonds. The molecule has 1 N–H and O–H groups in total. The van der Waals surface area contributed by atoms with Crippen LogP contribution in [0.15, 0.2) is 58.1 Å². The van der Waals surface area contributed by atoms with Crippen molar-refractivity contribution in [3.63, 3.8) is 0 Å². The Labute approximate surface area is 125 Å². The van der Waals surface area contributed by atoms with Crippen LogP contribution in [-0.2, 0) is 0 Å². The van der Waals surface area contributed by atoms with Crippen molar-refractivity contribution < 1.29 is 0 Å². The first kappa shape index (κ1) is 12.7. The third-order valence-corrected chi connectivity index (χ3v) is 3.98. The summed E-state index contributed by atoms with van der Waals surface area (Å²) in [6.45, 7) is 0. The molecule has 0 saturated carbocycles. The van der Waals surface area contributed by atoms with E-state index in [0.717, 1.165) is 27.2 Å². The van der Waals surface area contributed by atoms with E-state index in [4.69, 9.17) is 11.6 Å². The minimum Gasteiger partial charge on any atom is -0.302 e. The van der Waals surface area contributed by atoms with E-state index in [9.17, 15) is 0 Å². The van der Waals surface area contributed by atoms with E-state index in [0.29, 0.717) is 0 Å². The lowest BCUT2D eigenvalue weighted by Crippen LogP contribution is -2.09. The summed E-state index contributed by atoms with van der Waals surface area (Å²) in [6, 6.07) is 16.4. The number of nitrogens with one attached hydrogen (secondary N) is 1. The number of halogens is 2.